The van der Waals surface area contributed by atoms with E-state index in [0.717, 1.165) is 24.1 Å². The molecule has 1 unspecified atom stereocenters. The maximum Gasteiger partial charge on any atom is 0.265 e. The molecule has 3 aromatic heterocycles. The van der Waals surface area contributed by atoms with Crippen LogP contribution in [0.5, 0.6) is 0 Å². The Morgan fingerprint density at radius 1 is 1.08 bits per heavy atom. The van der Waals surface area contributed by atoms with E-state index in [9.17, 15) is 0 Å². The molecule has 3 aromatic rings. The first kappa shape index (κ1) is 15.8. The minimum atomic E-state index is -1.62. The van der Waals surface area contributed by atoms with Crippen LogP contribution in [-0.2, 0) is 12.2 Å². The van der Waals surface area contributed by atoms with Gasteiger partial charge in [0.25, 0.3) is 5.89 Å². The second-order valence-corrected chi connectivity index (χ2v) is 6.29. The molecule has 0 aromatic carbocycles. The Kier molecular flexibility index (Phi) is 4.23. The second-order valence-electron chi connectivity index (χ2n) is 6.29. The largest absolute Gasteiger partial charge is 0.335 e. The number of rotatable bonds is 4. The molecular formula is C18H18FN5O. The number of halogens is 1. The fourth-order valence-electron chi connectivity index (χ4n) is 3.18. The van der Waals surface area contributed by atoms with Crippen LogP contribution < -0.4 is 0 Å². The lowest BCUT2D eigenvalue weighted by atomic mass is 9.94. The van der Waals surface area contributed by atoms with Crippen LogP contribution in [0.3, 0.4) is 0 Å². The first-order chi connectivity index (χ1) is 12.2. The Morgan fingerprint density at radius 2 is 1.80 bits per heavy atom. The van der Waals surface area contributed by atoms with Crippen molar-refractivity contribution < 1.29 is 8.91 Å². The summed E-state index contributed by atoms with van der Waals surface area (Å²) in [5.74, 6) is 0.444. The van der Waals surface area contributed by atoms with E-state index in [0.29, 0.717) is 18.8 Å². The van der Waals surface area contributed by atoms with E-state index in [2.05, 4.69) is 25.0 Å². The molecule has 6 nitrogen and oxygen atoms in total. The molecule has 1 atom stereocenters. The number of alkyl halides is 1. The average Bonchev–Trinajstić information content (AvgIpc) is 3.15. The number of hydrogen-bond donors (Lipinski definition) is 0. The van der Waals surface area contributed by atoms with Crippen LogP contribution in [0.25, 0.3) is 11.4 Å². The van der Waals surface area contributed by atoms with Crippen molar-refractivity contribution in [2.24, 2.45) is 0 Å². The predicted molar refractivity (Wildman–Crippen MR) is 89.1 cm³/mol. The highest BCUT2D eigenvalue weighted by Crippen LogP contribution is 2.36. The van der Waals surface area contributed by atoms with E-state index in [1.807, 2.05) is 12.1 Å². The van der Waals surface area contributed by atoms with Crippen LogP contribution in [0.1, 0.15) is 24.3 Å². The van der Waals surface area contributed by atoms with E-state index in [-0.39, 0.29) is 12.4 Å². The van der Waals surface area contributed by atoms with Gasteiger partial charge in [-0.15, -0.1) is 0 Å². The molecule has 1 aliphatic rings. The third-order valence-electron chi connectivity index (χ3n) is 4.42. The van der Waals surface area contributed by atoms with Crippen LogP contribution in [-0.4, -0.2) is 38.1 Å². The van der Waals surface area contributed by atoms with Crippen molar-refractivity contribution in [3.8, 4) is 11.4 Å². The van der Waals surface area contributed by atoms with Gasteiger partial charge >= 0.3 is 0 Å². The van der Waals surface area contributed by atoms with Gasteiger partial charge in [-0.05, 0) is 49.2 Å². The zero-order valence-corrected chi connectivity index (χ0v) is 13.7. The number of likely N-dealkylation sites (tertiary alicyclic amines) is 1. The van der Waals surface area contributed by atoms with Gasteiger partial charge in [0.2, 0.25) is 11.5 Å². The molecule has 4 rings (SSSR count). The topological polar surface area (TPSA) is 67.9 Å². The van der Waals surface area contributed by atoms with Gasteiger partial charge in [0, 0.05) is 43.4 Å². The Hall–Kier alpha value is -2.67. The average molecular weight is 339 g/mol. The van der Waals surface area contributed by atoms with E-state index in [1.165, 1.54) is 0 Å². The van der Waals surface area contributed by atoms with Crippen LogP contribution >= 0.6 is 0 Å². The van der Waals surface area contributed by atoms with E-state index < -0.39 is 5.67 Å². The molecule has 0 aliphatic carbocycles. The highest BCUT2D eigenvalue weighted by atomic mass is 19.1. The van der Waals surface area contributed by atoms with Gasteiger partial charge in [-0.1, -0.05) is 5.16 Å². The van der Waals surface area contributed by atoms with Gasteiger partial charge in [-0.3, -0.25) is 14.9 Å². The molecule has 1 fully saturated rings. The van der Waals surface area contributed by atoms with E-state index in [1.54, 1.807) is 36.9 Å². The Bertz CT molecular complexity index is 826. The Balaban J connectivity index is 1.52. The molecule has 0 spiro atoms. The zero-order valence-electron chi connectivity index (χ0n) is 13.7. The molecule has 4 heterocycles. The number of pyridine rings is 2. The minimum Gasteiger partial charge on any atom is -0.335 e. The van der Waals surface area contributed by atoms with Crippen molar-refractivity contribution in [2.45, 2.75) is 25.1 Å². The molecule has 0 saturated carbocycles. The van der Waals surface area contributed by atoms with Gasteiger partial charge in [0.05, 0.1) is 0 Å². The Morgan fingerprint density at radius 3 is 2.56 bits per heavy atom. The van der Waals surface area contributed by atoms with Gasteiger partial charge in [0.15, 0.2) is 0 Å². The summed E-state index contributed by atoms with van der Waals surface area (Å²) in [6, 6.07) is 7.44. The summed E-state index contributed by atoms with van der Waals surface area (Å²) in [6.07, 6.45) is 7.93. The summed E-state index contributed by atoms with van der Waals surface area (Å²) in [5, 5.41) is 3.94. The molecule has 1 aliphatic heterocycles. The molecule has 0 N–H and O–H groups in total. The first-order valence-corrected chi connectivity index (χ1v) is 8.28. The summed E-state index contributed by atoms with van der Waals surface area (Å²) in [5.41, 5.74) is 0.254. The number of aromatic nitrogens is 4. The fraction of sp³-hybridized carbons (Fsp3) is 0.333. The molecule has 0 amide bonds. The van der Waals surface area contributed by atoms with Gasteiger partial charge in [-0.25, -0.2) is 4.39 Å². The van der Waals surface area contributed by atoms with Gasteiger partial charge < -0.3 is 4.52 Å². The predicted octanol–water partition coefficient (Wildman–Crippen LogP) is 2.99. The molecule has 7 heteroatoms. The van der Waals surface area contributed by atoms with Crippen molar-refractivity contribution in [3.05, 3.63) is 60.5 Å². The van der Waals surface area contributed by atoms with Gasteiger partial charge in [-0.2, -0.15) is 4.98 Å². The van der Waals surface area contributed by atoms with Crippen molar-refractivity contribution >= 4 is 0 Å². The quantitative estimate of drug-likeness (QED) is 0.728. The van der Waals surface area contributed by atoms with Crippen LogP contribution in [0.15, 0.2) is 53.6 Å². The Labute approximate surface area is 144 Å². The van der Waals surface area contributed by atoms with Crippen molar-refractivity contribution in [3.63, 3.8) is 0 Å². The second kappa shape index (κ2) is 6.68. The van der Waals surface area contributed by atoms with Crippen LogP contribution in [0, 0.1) is 0 Å². The molecule has 128 valence electrons. The molecule has 1 saturated heterocycles. The summed E-state index contributed by atoms with van der Waals surface area (Å²) in [4.78, 5) is 14.4. The SMILES string of the molecule is FC1(c2nc(-c3ccncc3)no2)CCCN(Cc2ccncc2)C1. The number of piperidine rings is 1. The maximum atomic E-state index is 15.5. The van der Waals surface area contributed by atoms with Crippen molar-refractivity contribution in [2.75, 3.05) is 13.1 Å². The summed E-state index contributed by atoms with van der Waals surface area (Å²) >= 11 is 0. The summed E-state index contributed by atoms with van der Waals surface area (Å²) in [7, 11) is 0. The highest BCUT2D eigenvalue weighted by Gasteiger charge is 2.42. The fourth-order valence-corrected chi connectivity index (χ4v) is 3.18. The number of hydrogen-bond acceptors (Lipinski definition) is 6. The third-order valence-corrected chi connectivity index (χ3v) is 4.42. The molecular weight excluding hydrogens is 321 g/mol. The molecule has 0 bridgehead atoms. The monoisotopic (exact) mass is 339 g/mol. The van der Waals surface area contributed by atoms with Crippen LogP contribution in [0.2, 0.25) is 0 Å². The first-order valence-electron chi connectivity index (χ1n) is 8.28. The number of nitrogens with zero attached hydrogens (tertiary/aromatic N) is 5. The highest BCUT2D eigenvalue weighted by molar-refractivity contribution is 5.52. The van der Waals surface area contributed by atoms with Crippen molar-refractivity contribution in [1.29, 1.82) is 0 Å². The lowest BCUT2D eigenvalue weighted by molar-refractivity contribution is 0.0124. The normalized spacial score (nSPS) is 21.3. The molecule has 0 radical (unpaired) electrons. The minimum absolute atomic E-state index is 0.0544. The van der Waals surface area contributed by atoms with Crippen molar-refractivity contribution in [1.82, 2.24) is 25.0 Å². The van der Waals surface area contributed by atoms with Crippen LogP contribution in [0.4, 0.5) is 4.39 Å². The van der Waals surface area contributed by atoms with E-state index in [4.69, 9.17) is 4.52 Å². The van der Waals surface area contributed by atoms with E-state index >= 15 is 4.39 Å². The standard InChI is InChI=1S/C18H18FN5O/c19-18(17-22-16(23-25-17)15-4-9-21-10-5-15)6-1-11-24(13-18)12-14-2-7-20-8-3-14/h2-5,7-10H,1,6,11-13H2. The maximum absolute atomic E-state index is 15.5. The zero-order chi connectivity index (χ0) is 17.1. The molecule has 25 heavy (non-hydrogen) atoms. The smallest absolute Gasteiger partial charge is 0.265 e. The third kappa shape index (κ3) is 3.41. The summed E-state index contributed by atoms with van der Waals surface area (Å²) < 4.78 is 20.8. The lowest BCUT2D eigenvalue weighted by Crippen LogP contribution is -2.43. The summed E-state index contributed by atoms with van der Waals surface area (Å²) in [6.45, 7) is 1.77. The lowest BCUT2D eigenvalue weighted by Gasteiger charge is -2.35. The van der Waals surface area contributed by atoms with Gasteiger partial charge in [0.1, 0.15) is 0 Å².